The number of carboxylic acid groups (broad SMARTS) is 1. The zero-order valence-electron chi connectivity index (χ0n) is 8.48. The fourth-order valence-electron chi connectivity index (χ4n) is 1.30. The normalized spacial score (nSPS) is 14.2. The van der Waals surface area contributed by atoms with Gasteiger partial charge in [0.2, 0.25) is 0 Å². The van der Waals surface area contributed by atoms with Gasteiger partial charge < -0.3 is 5.11 Å². The highest BCUT2D eigenvalue weighted by atomic mass is 19.1. The van der Waals surface area contributed by atoms with Crippen LogP contribution >= 0.6 is 0 Å². The monoisotopic (exact) mass is 230 g/mol. The largest absolute Gasteiger partial charge is 0.477 e. The molecule has 1 N–H and O–H groups in total. The molecule has 4 nitrogen and oxygen atoms in total. The summed E-state index contributed by atoms with van der Waals surface area (Å²) in [6, 6.07) is 2.51. The van der Waals surface area contributed by atoms with Crippen molar-refractivity contribution in [3.63, 3.8) is 0 Å². The van der Waals surface area contributed by atoms with E-state index in [1.165, 1.54) is 7.05 Å². The summed E-state index contributed by atoms with van der Waals surface area (Å²) >= 11 is 0. The number of carbonyl (C=O) groups excluding carboxylic acids is 1. The van der Waals surface area contributed by atoms with Crippen LogP contribution in [0.3, 0.4) is 0 Å². The van der Waals surface area contributed by atoms with Gasteiger partial charge in [0.1, 0.15) is 17.3 Å². The standard InChI is InChI=1S/C10H9F2NO3/c1-13(6-14,5-10(15)16)9-3-7(11)2-8(12)4-9/h2-4,6H,5H2,1H3/p+1. The number of amides is 1. The smallest absolute Gasteiger partial charge is 0.360 e. The van der Waals surface area contributed by atoms with Crippen LogP contribution in [0.15, 0.2) is 18.2 Å². The Kier molecular flexibility index (Phi) is 3.34. The minimum atomic E-state index is -1.24. The summed E-state index contributed by atoms with van der Waals surface area (Å²) < 4.78 is 25.1. The Morgan fingerprint density at radius 1 is 1.38 bits per heavy atom. The van der Waals surface area contributed by atoms with Gasteiger partial charge >= 0.3 is 12.4 Å². The lowest BCUT2D eigenvalue weighted by Crippen LogP contribution is -2.47. The highest BCUT2D eigenvalue weighted by Gasteiger charge is 2.29. The average Bonchev–Trinajstić information content (AvgIpc) is 2.15. The summed E-state index contributed by atoms with van der Waals surface area (Å²) in [6.45, 7) is -0.577. The Balaban J connectivity index is 3.21. The molecular weight excluding hydrogens is 220 g/mol. The molecule has 0 aliphatic heterocycles. The molecule has 1 unspecified atom stereocenters. The molecular formula is C10H10F2NO3+. The van der Waals surface area contributed by atoms with E-state index in [-0.39, 0.29) is 5.69 Å². The topological polar surface area (TPSA) is 54.4 Å². The van der Waals surface area contributed by atoms with Gasteiger partial charge in [-0.1, -0.05) is 0 Å². The van der Waals surface area contributed by atoms with Crippen molar-refractivity contribution in [3.8, 4) is 0 Å². The number of carbonyl (C=O) groups is 2. The van der Waals surface area contributed by atoms with Crippen LogP contribution in [0.2, 0.25) is 0 Å². The molecule has 0 fully saturated rings. The highest BCUT2D eigenvalue weighted by molar-refractivity contribution is 5.80. The quantitative estimate of drug-likeness (QED) is 0.623. The van der Waals surface area contributed by atoms with Gasteiger partial charge in [-0.3, -0.25) is 0 Å². The molecule has 86 valence electrons. The number of nitrogens with zero attached hydrogens (tertiary/aromatic N) is 1. The molecule has 1 amide bonds. The van der Waals surface area contributed by atoms with E-state index in [0.29, 0.717) is 12.5 Å². The predicted molar refractivity (Wildman–Crippen MR) is 52.6 cm³/mol. The number of halogens is 2. The third kappa shape index (κ3) is 2.60. The van der Waals surface area contributed by atoms with Crippen molar-refractivity contribution in [2.45, 2.75) is 0 Å². The van der Waals surface area contributed by atoms with Crippen LogP contribution in [0.5, 0.6) is 0 Å². The zero-order chi connectivity index (χ0) is 12.3. The van der Waals surface area contributed by atoms with E-state index < -0.39 is 28.6 Å². The molecule has 16 heavy (non-hydrogen) atoms. The van der Waals surface area contributed by atoms with E-state index in [2.05, 4.69) is 0 Å². The van der Waals surface area contributed by atoms with Crippen molar-refractivity contribution in [1.82, 2.24) is 4.48 Å². The number of benzene rings is 1. The van der Waals surface area contributed by atoms with Crippen molar-refractivity contribution in [2.75, 3.05) is 13.6 Å². The molecule has 0 radical (unpaired) electrons. The van der Waals surface area contributed by atoms with Crippen LogP contribution in [0.1, 0.15) is 0 Å². The van der Waals surface area contributed by atoms with Crippen molar-refractivity contribution in [2.24, 2.45) is 0 Å². The van der Waals surface area contributed by atoms with Gasteiger partial charge in [-0.2, -0.15) is 0 Å². The Labute approximate surface area is 90.3 Å². The predicted octanol–water partition coefficient (Wildman–Crippen LogP) is 1.14. The first kappa shape index (κ1) is 12.3. The Hall–Kier alpha value is -1.82. The van der Waals surface area contributed by atoms with E-state index in [9.17, 15) is 18.4 Å². The minimum absolute atomic E-state index is 0.0464. The van der Waals surface area contributed by atoms with Crippen molar-refractivity contribution in [3.05, 3.63) is 29.8 Å². The van der Waals surface area contributed by atoms with Crippen LogP contribution in [0, 0.1) is 11.6 Å². The maximum atomic E-state index is 12.9. The van der Waals surface area contributed by atoms with Gasteiger partial charge in [-0.05, 0) is 0 Å². The Bertz CT molecular complexity index is 416. The third-order valence-electron chi connectivity index (χ3n) is 2.13. The first-order chi connectivity index (χ1) is 7.37. The first-order valence-corrected chi connectivity index (χ1v) is 4.37. The Morgan fingerprint density at radius 3 is 2.25 bits per heavy atom. The molecule has 0 saturated heterocycles. The lowest BCUT2D eigenvalue weighted by molar-refractivity contribution is -0.139. The number of carboxylic acids is 1. The summed E-state index contributed by atoms with van der Waals surface area (Å²) in [7, 11) is 1.26. The second-order valence-corrected chi connectivity index (χ2v) is 3.55. The highest BCUT2D eigenvalue weighted by Crippen LogP contribution is 2.21. The van der Waals surface area contributed by atoms with E-state index in [0.717, 1.165) is 12.1 Å². The lowest BCUT2D eigenvalue weighted by atomic mass is 10.2. The first-order valence-electron chi connectivity index (χ1n) is 4.37. The number of aliphatic carboxylic acids is 1. The van der Waals surface area contributed by atoms with E-state index in [1.54, 1.807) is 0 Å². The lowest BCUT2D eigenvalue weighted by Gasteiger charge is -2.24. The number of rotatable bonds is 4. The van der Waals surface area contributed by atoms with Gasteiger partial charge in [-0.25, -0.2) is 22.9 Å². The van der Waals surface area contributed by atoms with Crippen LogP contribution in [-0.4, -0.2) is 31.1 Å². The Morgan fingerprint density at radius 2 is 1.88 bits per heavy atom. The molecule has 1 aromatic carbocycles. The zero-order valence-corrected chi connectivity index (χ0v) is 8.48. The van der Waals surface area contributed by atoms with Gasteiger partial charge in [0, 0.05) is 18.2 Å². The maximum Gasteiger partial charge on any atom is 0.360 e. The number of hydrogen-bond acceptors (Lipinski definition) is 2. The fourth-order valence-corrected chi connectivity index (χ4v) is 1.30. The van der Waals surface area contributed by atoms with Crippen LogP contribution in [-0.2, 0) is 9.59 Å². The summed E-state index contributed by atoms with van der Waals surface area (Å²) in [4.78, 5) is 21.4. The van der Waals surface area contributed by atoms with Crippen molar-refractivity contribution in [1.29, 1.82) is 0 Å². The molecule has 6 heteroatoms. The molecule has 1 atom stereocenters. The molecule has 0 bridgehead atoms. The van der Waals surface area contributed by atoms with E-state index in [4.69, 9.17) is 5.11 Å². The molecule has 0 aliphatic rings. The molecule has 0 spiro atoms. The summed E-state index contributed by atoms with van der Waals surface area (Å²) in [5.74, 6) is -2.95. The molecule has 0 aromatic heterocycles. The number of likely N-dealkylation sites (N-methyl/N-ethyl adjacent to an activating group) is 1. The van der Waals surface area contributed by atoms with Crippen LogP contribution in [0.4, 0.5) is 14.5 Å². The summed E-state index contributed by atoms with van der Waals surface area (Å²) in [6.07, 6.45) is 0.322. The molecule has 1 rings (SSSR count). The van der Waals surface area contributed by atoms with Gasteiger partial charge in [-0.15, -0.1) is 0 Å². The second-order valence-electron chi connectivity index (χ2n) is 3.55. The van der Waals surface area contributed by atoms with Crippen molar-refractivity contribution < 1.29 is 23.5 Å². The van der Waals surface area contributed by atoms with E-state index in [1.807, 2.05) is 0 Å². The SMILES string of the molecule is C[N+](C=O)(CC(=O)O)c1cc(F)cc(F)c1. The van der Waals surface area contributed by atoms with Crippen molar-refractivity contribution >= 4 is 18.1 Å². The number of hydrogen-bond donors (Lipinski definition) is 1. The molecule has 0 saturated carbocycles. The maximum absolute atomic E-state index is 12.9. The average molecular weight is 230 g/mol. The van der Waals surface area contributed by atoms with E-state index >= 15 is 0 Å². The number of quaternary nitrogens is 1. The van der Waals surface area contributed by atoms with Gasteiger partial charge in [0.05, 0.1) is 7.05 Å². The van der Waals surface area contributed by atoms with Gasteiger partial charge in [0.25, 0.3) is 0 Å². The summed E-state index contributed by atoms with van der Waals surface area (Å²) in [5, 5.41) is 8.62. The van der Waals surface area contributed by atoms with Gasteiger partial charge in [0.15, 0.2) is 6.54 Å². The molecule has 1 aromatic rings. The fraction of sp³-hybridized carbons (Fsp3) is 0.200. The molecule has 0 aliphatic carbocycles. The summed E-state index contributed by atoms with van der Waals surface area (Å²) in [5.41, 5.74) is -0.0464. The van der Waals surface area contributed by atoms with Crippen LogP contribution in [0.25, 0.3) is 0 Å². The minimum Gasteiger partial charge on any atom is -0.477 e. The second kappa shape index (κ2) is 4.36. The molecule has 0 heterocycles. The third-order valence-corrected chi connectivity index (χ3v) is 2.13. The van der Waals surface area contributed by atoms with Crippen LogP contribution < -0.4 is 4.48 Å².